The van der Waals surface area contributed by atoms with Gasteiger partial charge in [-0.05, 0) is 18.4 Å². The summed E-state index contributed by atoms with van der Waals surface area (Å²) in [4.78, 5) is 13.3. The van der Waals surface area contributed by atoms with Gasteiger partial charge in [-0.15, -0.1) is 0 Å². The quantitative estimate of drug-likeness (QED) is 0.759. The van der Waals surface area contributed by atoms with Crippen LogP contribution in [0.4, 0.5) is 0 Å². The number of nitrogens with zero attached hydrogens (tertiary/aromatic N) is 3. The summed E-state index contributed by atoms with van der Waals surface area (Å²) < 4.78 is 1.72. The zero-order valence-corrected chi connectivity index (χ0v) is 10.1. The van der Waals surface area contributed by atoms with Crippen LogP contribution in [-0.2, 0) is 4.79 Å². The van der Waals surface area contributed by atoms with Crippen molar-refractivity contribution in [3.63, 3.8) is 0 Å². The number of hydrogen-bond donors (Lipinski definition) is 0. The Kier molecular flexibility index (Phi) is 3.50. The minimum Gasteiger partial charge on any atom is -0.347 e. The molecule has 0 saturated carbocycles. The Hall–Kier alpha value is -1.32. The molecule has 0 aliphatic heterocycles. The predicted molar refractivity (Wildman–Crippen MR) is 59.7 cm³/mol. The fourth-order valence-corrected chi connectivity index (χ4v) is 1.35. The van der Waals surface area contributed by atoms with Gasteiger partial charge in [0.25, 0.3) is 0 Å². The molecule has 0 aliphatic rings. The standard InChI is InChI=1S/C11H19N3O/c1-8(2)10-6-12-14(7-10)9(3)11(15)13(4)5/h6-9H,1-5H3/t9-/m0/s1. The number of amides is 1. The average molecular weight is 209 g/mol. The third-order valence-corrected chi connectivity index (χ3v) is 2.48. The summed E-state index contributed by atoms with van der Waals surface area (Å²) in [6, 6.07) is -0.229. The van der Waals surface area contributed by atoms with Crippen LogP contribution in [0.15, 0.2) is 12.4 Å². The second kappa shape index (κ2) is 4.47. The van der Waals surface area contributed by atoms with Crippen LogP contribution in [0.25, 0.3) is 0 Å². The zero-order valence-electron chi connectivity index (χ0n) is 10.1. The molecule has 0 spiro atoms. The highest BCUT2D eigenvalue weighted by atomic mass is 16.2. The molecule has 0 unspecified atom stereocenters. The van der Waals surface area contributed by atoms with Crippen molar-refractivity contribution in [3.05, 3.63) is 18.0 Å². The summed E-state index contributed by atoms with van der Waals surface area (Å²) in [6.07, 6.45) is 3.76. The molecule has 1 rings (SSSR count). The van der Waals surface area contributed by atoms with Crippen molar-refractivity contribution in [2.24, 2.45) is 0 Å². The smallest absolute Gasteiger partial charge is 0.246 e. The monoisotopic (exact) mass is 209 g/mol. The molecule has 84 valence electrons. The first-order chi connectivity index (χ1) is 6.93. The van der Waals surface area contributed by atoms with Gasteiger partial charge in [-0.1, -0.05) is 13.8 Å². The number of hydrogen-bond acceptors (Lipinski definition) is 2. The minimum absolute atomic E-state index is 0.0633. The second-order valence-corrected chi connectivity index (χ2v) is 4.32. The fraction of sp³-hybridized carbons (Fsp3) is 0.636. The van der Waals surface area contributed by atoms with E-state index in [9.17, 15) is 4.79 Å². The van der Waals surface area contributed by atoms with E-state index in [0.717, 1.165) is 5.56 Å². The molecule has 0 aromatic carbocycles. The molecule has 1 aromatic heterocycles. The Balaban J connectivity index is 2.83. The number of carbonyl (C=O) groups excluding carboxylic acids is 1. The van der Waals surface area contributed by atoms with E-state index in [0.29, 0.717) is 5.92 Å². The van der Waals surface area contributed by atoms with E-state index < -0.39 is 0 Å². The maximum atomic E-state index is 11.7. The lowest BCUT2D eigenvalue weighted by atomic mass is 10.1. The fourth-order valence-electron chi connectivity index (χ4n) is 1.35. The van der Waals surface area contributed by atoms with Crippen LogP contribution in [-0.4, -0.2) is 34.7 Å². The normalized spacial score (nSPS) is 12.9. The van der Waals surface area contributed by atoms with Gasteiger partial charge in [0.1, 0.15) is 6.04 Å². The number of likely N-dealkylation sites (N-methyl/N-ethyl adjacent to an activating group) is 1. The average Bonchev–Trinajstić information content (AvgIpc) is 2.64. The molecular weight excluding hydrogens is 190 g/mol. The van der Waals surface area contributed by atoms with Gasteiger partial charge in [0.2, 0.25) is 5.91 Å². The summed E-state index contributed by atoms with van der Waals surface area (Å²) in [5.41, 5.74) is 1.16. The Labute approximate surface area is 90.9 Å². The van der Waals surface area contributed by atoms with Crippen molar-refractivity contribution in [2.75, 3.05) is 14.1 Å². The van der Waals surface area contributed by atoms with E-state index in [1.54, 1.807) is 23.7 Å². The highest BCUT2D eigenvalue weighted by Crippen LogP contribution is 2.15. The molecule has 1 atom stereocenters. The lowest BCUT2D eigenvalue weighted by Crippen LogP contribution is -2.30. The van der Waals surface area contributed by atoms with Crippen LogP contribution in [0.5, 0.6) is 0 Å². The van der Waals surface area contributed by atoms with Gasteiger partial charge < -0.3 is 4.90 Å². The van der Waals surface area contributed by atoms with Crippen molar-refractivity contribution in [2.45, 2.75) is 32.7 Å². The number of aromatic nitrogens is 2. The summed E-state index contributed by atoms with van der Waals surface area (Å²) in [5, 5.41) is 4.21. The van der Waals surface area contributed by atoms with E-state index in [1.807, 2.05) is 19.3 Å². The first-order valence-electron chi connectivity index (χ1n) is 5.18. The molecule has 1 heterocycles. The first kappa shape index (κ1) is 11.8. The molecular formula is C11H19N3O. The van der Waals surface area contributed by atoms with E-state index in [1.165, 1.54) is 0 Å². The van der Waals surface area contributed by atoms with Gasteiger partial charge in [-0.3, -0.25) is 9.48 Å². The Morgan fingerprint density at radius 3 is 2.40 bits per heavy atom. The lowest BCUT2D eigenvalue weighted by molar-refractivity contribution is -0.131. The highest BCUT2D eigenvalue weighted by Gasteiger charge is 2.17. The van der Waals surface area contributed by atoms with E-state index in [-0.39, 0.29) is 11.9 Å². The van der Waals surface area contributed by atoms with Crippen molar-refractivity contribution < 1.29 is 4.79 Å². The molecule has 1 amide bonds. The lowest BCUT2D eigenvalue weighted by Gasteiger charge is -2.16. The number of rotatable bonds is 3. The Morgan fingerprint density at radius 1 is 1.40 bits per heavy atom. The second-order valence-electron chi connectivity index (χ2n) is 4.32. The summed E-state index contributed by atoms with van der Waals surface area (Å²) in [5.74, 6) is 0.508. The Morgan fingerprint density at radius 2 is 2.00 bits per heavy atom. The molecule has 4 heteroatoms. The largest absolute Gasteiger partial charge is 0.347 e. The molecule has 0 aliphatic carbocycles. The zero-order chi connectivity index (χ0) is 11.6. The minimum atomic E-state index is -0.229. The topological polar surface area (TPSA) is 38.1 Å². The molecule has 0 fully saturated rings. The Bertz CT molecular complexity index is 341. The van der Waals surface area contributed by atoms with Gasteiger partial charge in [0.05, 0.1) is 6.20 Å². The van der Waals surface area contributed by atoms with Crippen LogP contribution in [0.3, 0.4) is 0 Å². The van der Waals surface area contributed by atoms with Gasteiger partial charge in [-0.2, -0.15) is 5.10 Å². The van der Waals surface area contributed by atoms with Crippen LogP contribution < -0.4 is 0 Å². The molecule has 0 bridgehead atoms. The molecule has 1 aromatic rings. The molecule has 4 nitrogen and oxygen atoms in total. The van der Waals surface area contributed by atoms with E-state index in [4.69, 9.17) is 0 Å². The van der Waals surface area contributed by atoms with Crippen LogP contribution >= 0.6 is 0 Å². The molecule has 0 N–H and O–H groups in total. The SMILES string of the molecule is CC(C)c1cnn([C@@H](C)C(=O)N(C)C)c1. The number of carbonyl (C=O) groups is 1. The van der Waals surface area contributed by atoms with E-state index >= 15 is 0 Å². The van der Waals surface area contributed by atoms with Gasteiger partial charge in [0.15, 0.2) is 0 Å². The highest BCUT2D eigenvalue weighted by molar-refractivity contribution is 5.79. The van der Waals surface area contributed by atoms with Crippen molar-refractivity contribution in [1.82, 2.24) is 14.7 Å². The summed E-state index contributed by atoms with van der Waals surface area (Å²) in [6.45, 7) is 6.08. The van der Waals surface area contributed by atoms with Crippen molar-refractivity contribution in [1.29, 1.82) is 0 Å². The maximum absolute atomic E-state index is 11.7. The van der Waals surface area contributed by atoms with Gasteiger partial charge in [0, 0.05) is 20.3 Å². The third-order valence-electron chi connectivity index (χ3n) is 2.48. The van der Waals surface area contributed by atoms with Crippen molar-refractivity contribution >= 4 is 5.91 Å². The summed E-state index contributed by atoms with van der Waals surface area (Å²) >= 11 is 0. The molecule has 0 saturated heterocycles. The molecule has 15 heavy (non-hydrogen) atoms. The first-order valence-corrected chi connectivity index (χ1v) is 5.18. The van der Waals surface area contributed by atoms with Crippen molar-refractivity contribution in [3.8, 4) is 0 Å². The van der Waals surface area contributed by atoms with Gasteiger partial charge >= 0.3 is 0 Å². The van der Waals surface area contributed by atoms with Gasteiger partial charge in [-0.25, -0.2) is 0 Å². The summed E-state index contributed by atoms with van der Waals surface area (Å²) in [7, 11) is 3.51. The maximum Gasteiger partial charge on any atom is 0.246 e. The van der Waals surface area contributed by atoms with Crippen LogP contribution in [0.1, 0.15) is 38.3 Å². The van der Waals surface area contributed by atoms with Crippen LogP contribution in [0.2, 0.25) is 0 Å². The van der Waals surface area contributed by atoms with Crippen LogP contribution in [0, 0.1) is 0 Å². The third kappa shape index (κ3) is 2.58. The van der Waals surface area contributed by atoms with E-state index in [2.05, 4.69) is 18.9 Å². The molecule has 0 radical (unpaired) electrons. The predicted octanol–water partition coefficient (Wildman–Crippen LogP) is 1.66.